The van der Waals surface area contributed by atoms with E-state index in [4.69, 9.17) is 30.6 Å². The molecule has 0 saturated carbocycles. The van der Waals surface area contributed by atoms with Gasteiger partial charge < -0.3 is 46.3 Å². The molecule has 0 bridgehead atoms. The number of hydrogen-bond acceptors (Lipinski definition) is 8. The molecule has 2 atom stereocenters. The maximum absolute atomic E-state index is 9.89. The molecule has 9 heteroatoms. The van der Waals surface area contributed by atoms with Crippen molar-refractivity contribution in [1.82, 2.24) is 0 Å². The van der Waals surface area contributed by atoms with Crippen molar-refractivity contribution in [2.75, 3.05) is 39.6 Å². The van der Waals surface area contributed by atoms with Crippen LogP contribution in [0.3, 0.4) is 0 Å². The average molecular weight is 302 g/mol. The highest BCUT2D eigenvalue weighted by molar-refractivity contribution is 4.92. The molecule has 0 aliphatic carbocycles. The van der Waals surface area contributed by atoms with E-state index in [1.165, 1.54) is 0 Å². The molecule has 0 fully saturated rings. The largest absolute Gasteiger partial charge is 0.412 e. The fraction of sp³-hybridized carbons (Fsp3) is 1.00. The summed E-state index contributed by atoms with van der Waals surface area (Å²) in [5.74, 6) is 0. The summed E-state index contributed by atoms with van der Waals surface area (Å²) in [6, 6.07) is 0. The van der Waals surface area contributed by atoms with Crippen molar-refractivity contribution in [2.24, 2.45) is 10.8 Å². The third-order valence-corrected chi connectivity index (χ3v) is 3.75. The summed E-state index contributed by atoms with van der Waals surface area (Å²) in [6.45, 7) is -4.26. The molecule has 2 unspecified atom stereocenters. The SMILES string of the molecule is O.OCC(CO)(CO)C(O)CC(O)C(CO)(CO)CO. The first-order chi connectivity index (χ1) is 8.91. The summed E-state index contributed by atoms with van der Waals surface area (Å²) < 4.78 is 0. The third kappa shape index (κ3) is 4.32. The zero-order valence-corrected chi connectivity index (χ0v) is 11.2. The van der Waals surface area contributed by atoms with Crippen LogP contribution in [0.2, 0.25) is 0 Å². The monoisotopic (exact) mass is 302 g/mol. The Bertz CT molecular complexity index is 200. The van der Waals surface area contributed by atoms with Gasteiger partial charge in [0.15, 0.2) is 0 Å². The molecular formula is C11H26O9. The van der Waals surface area contributed by atoms with Gasteiger partial charge in [0.25, 0.3) is 0 Å². The van der Waals surface area contributed by atoms with Gasteiger partial charge in [-0.25, -0.2) is 0 Å². The first kappa shape index (κ1) is 21.9. The van der Waals surface area contributed by atoms with E-state index in [0.717, 1.165) is 0 Å². The molecule has 0 aromatic carbocycles. The van der Waals surface area contributed by atoms with Crippen molar-refractivity contribution in [1.29, 1.82) is 0 Å². The summed E-state index contributed by atoms with van der Waals surface area (Å²) >= 11 is 0. The summed E-state index contributed by atoms with van der Waals surface area (Å²) in [6.07, 6.45) is -3.40. The van der Waals surface area contributed by atoms with Gasteiger partial charge in [-0.15, -0.1) is 0 Å². The summed E-state index contributed by atoms with van der Waals surface area (Å²) in [7, 11) is 0. The molecular weight excluding hydrogens is 276 g/mol. The van der Waals surface area contributed by atoms with Gasteiger partial charge in [0.1, 0.15) is 0 Å². The van der Waals surface area contributed by atoms with E-state index in [0.29, 0.717) is 0 Å². The molecule has 0 aromatic heterocycles. The number of aliphatic hydroxyl groups excluding tert-OH is 8. The first-order valence-corrected chi connectivity index (χ1v) is 5.93. The molecule has 0 aromatic rings. The highest BCUT2D eigenvalue weighted by Crippen LogP contribution is 2.30. The molecule has 0 spiro atoms. The zero-order chi connectivity index (χ0) is 15.1. The van der Waals surface area contributed by atoms with Crippen LogP contribution >= 0.6 is 0 Å². The predicted octanol–water partition coefficient (Wildman–Crippen LogP) is -4.80. The van der Waals surface area contributed by atoms with Crippen LogP contribution in [-0.2, 0) is 0 Å². The lowest BCUT2D eigenvalue weighted by Gasteiger charge is -2.38. The van der Waals surface area contributed by atoms with Gasteiger partial charge in [-0.1, -0.05) is 0 Å². The van der Waals surface area contributed by atoms with Crippen molar-refractivity contribution < 1.29 is 46.3 Å². The molecule has 0 amide bonds. The van der Waals surface area contributed by atoms with Gasteiger partial charge in [0.2, 0.25) is 0 Å². The summed E-state index contributed by atoms with van der Waals surface area (Å²) in [5.41, 5.74) is -3.21. The third-order valence-electron chi connectivity index (χ3n) is 3.75. The average Bonchev–Trinajstić information content (AvgIpc) is 2.44. The topological polar surface area (TPSA) is 193 Å². The first-order valence-electron chi connectivity index (χ1n) is 5.93. The number of rotatable bonds is 10. The van der Waals surface area contributed by atoms with Gasteiger partial charge >= 0.3 is 0 Å². The minimum Gasteiger partial charge on any atom is -0.412 e. The molecule has 9 nitrogen and oxygen atoms in total. The van der Waals surface area contributed by atoms with E-state index < -0.39 is 69.1 Å². The highest BCUT2D eigenvalue weighted by Gasteiger charge is 2.43. The smallest absolute Gasteiger partial charge is 0.0687 e. The molecule has 0 aliphatic heterocycles. The second kappa shape index (κ2) is 9.55. The minimum absolute atomic E-state index is 0. The van der Waals surface area contributed by atoms with Crippen molar-refractivity contribution in [3.8, 4) is 0 Å². The molecule has 20 heavy (non-hydrogen) atoms. The molecule has 124 valence electrons. The summed E-state index contributed by atoms with van der Waals surface area (Å²) in [4.78, 5) is 0. The minimum atomic E-state index is -1.60. The van der Waals surface area contributed by atoms with Gasteiger partial charge in [-0.2, -0.15) is 0 Å². The lowest BCUT2D eigenvalue weighted by Crippen LogP contribution is -2.51. The Kier molecular flexibility index (Phi) is 10.5. The second-order valence-corrected chi connectivity index (χ2v) is 4.94. The highest BCUT2D eigenvalue weighted by atomic mass is 16.3. The van der Waals surface area contributed by atoms with Crippen LogP contribution in [0.5, 0.6) is 0 Å². The Morgan fingerprint density at radius 3 is 0.900 bits per heavy atom. The van der Waals surface area contributed by atoms with Gasteiger partial charge in [-0.3, -0.25) is 0 Å². The predicted molar refractivity (Wildman–Crippen MR) is 67.6 cm³/mol. The Hall–Kier alpha value is -0.360. The van der Waals surface area contributed by atoms with Gasteiger partial charge in [-0.05, 0) is 0 Å². The Balaban J connectivity index is 0. The zero-order valence-electron chi connectivity index (χ0n) is 11.2. The van der Waals surface area contributed by atoms with E-state index in [1.807, 2.05) is 0 Å². The van der Waals surface area contributed by atoms with Crippen molar-refractivity contribution in [3.05, 3.63) is 0 Å². The van der Waals surface area contributed by atoms with Crippen LogP contribution < -0.4 is 0 Å². The molecule has 10 N–H and O–H groups in total. The van der Waals surface area contributed by atoms with E-state index >= 15 is 0 Å². The summed E-state index contributed by atoms with van der Waals surface area (Å²) in [5, 5.41) is 74.5. The quantitative estimate of drug-likeness (QED) is 0.197. The fourth-order valence-electron chi connectivity index (χ4n) is 1.64. The van der Waals surface area contributed by atoms with Crippen LogP contribution in [-0.4, -0.2) is 98.2 Å². The second-order valence-electron chi connectivity index (χ2n) is 4.94. The normalized spacial score (nSPS) is 15.6. The fourth-order valence-corrected chi connectivity index (χ4v) is 1.64. The van der Waals surface area contributed by atoms with Crippen LogP contribution in [0.25, 0.3) is 0 Å². The molecule has 0 heterocycles. The Morgan fingerprint density at radius 1 is 0.550 bits per heavy atom. The lowest BCUT2D eigenvalue weighted by molar-refractivity contribution is -0.132. The van der Waals surface area contributed by atoms with Crippen LogP contribution in [0, 0.1) is 10.8 Å². The van der Waals surface area contributed by atoms with Gasteiger partial charge in [0, 0.05) is 6.42 Å². The molecule has 0 aliphatic rings. The number of aliphatic hydroxyl groups is 8. The van der Waals surface area contributed by atoms with Crippen LogP contribution in [0.1, 0.15) is 6.42 Å². The van der Waals surface area contributed by atoms with Gasteiger partial charge in [0.05, 0.1) is 62.7 Å². The Labute approximate surface area is 116 Å². The number of hydrogen-bond donors (Lipinski definition) is 8. The maximum atomic E-state index is 9.89. The van der Waals surface area contributed by atoms with Crippen LogP contribution in [0.4, 0.5) is 0 Å². The van der Waals surface area contributed by atoms with E-state index in [1.54, 1.807) is 0 Å². The van der Waals surface area contributed by atoms with Crippen molar-refractivity contribution in [3.63, 3.8) is 0 Å². The molecule has 0 saturated heterocycles. The van der Waals surface area contributed by atoms with Crippen molar-refractivity contribution >= 4 is 0 Å². The standard InChI is InChI=1S/C11H24O8.H2O/c12-2-10(3-13,4-14)8(18)1-9(19)11(5-15,6-16)7-17;/h8-9,12-19H,1-7H2;1H2. The van der Waals surface area contributed by atoms with E-state index in [2.05, 4.69) is 0 Å². The Morgan fingerprint density at radius 2 is 0.750 bits per heavy atom. The van der Waals surface area contributed by atoms with Crippen LogP contribution in [0.15, 0.2) is 0 Å². The van der Waals surface area contributed by atoms with Crippen molar-refractivity contribution in [2.45, 2.75) is 18.6 Å². The van der Waals surface area contributed by atoms with E-state index in [-0.39, 0.29) is 5.48 Å². The lowest BCUT2D eigenvalue weighted by atomic mass is 9.76. The molecule has 0 radical (unpaired) electrons. The molecule has 0 rings (SSSR count). The van der Waals surface area contributed by atoms with E-state index in [9.17, 15) is 10.2 Å². The maximum Gasteiger partial charge on any atom is 0.0687 e.